The number of aromatic nitrogens is 5. The van der Waals surface area contributed by atoms with Gasteiger partial charge in [0, 0.05) is 5.39 Å². The minimum absolute atomic E-state index is 0.200. The van der Waals surface area contributed by atoms with Crippen molar-refractivity contribution >= 4 is 51.0 Å². The van der Waals surface area contributed by atoms with Gasteiger partial charge in [0.2, 0.25) is 0 Å². The van der Waals surface area contributed by atoms with E-state index in [1.807, 2.05) is 25.1 Å². The van der Waals surface area contributed by atoms with Crippen LogP contribution in [-0.2, 0) is 0 Å². The lowest BCUT2D eigenvalue weighted by molar-refractivity contribution is 0.798. The summed E-state index contributed by atoms with van der Waals surface area (Å²) in [6, 6.07) is 7.54. The van der Waals surface area contributed by atoms with E-state index in [0.29, 0.717) is 33.0 Å². The highest BCUT2D eigenvalue weighted by Crippen LogP contribution is 2.32. The molecule has 0 saturated heterocycles. The molecule has 3 aromatic heterocycles. The molecule has 0 bridgehead atoms. The minimum Gasteiger partial charge on any atom is -0.382 e. The fourth-order valence-corrected chi connectivity index (χ4v) is 3.29. The molecule has 0 fully saturated rings. The second-order valence-corrected chi connectivity index (χ2v) is 6.23. The minimum atomic E-state index is -0.200. The van der Waals surface area contributed by atoms with Gasteiger partial charge in [0.05, 0.1) is 23.0 Å². The van der Waals surface area contributed by atoms with E-state index in [2.05, 4.69) is 24.9 Å². The number of nitrogen functional groups attached to an aromatic ring is 1. The zero-order valence-electron chi connectivity index (χ0n) is 12.6. The number of nitrogens with zero attached hydrogens (tertiary/aromatic N) is 4. The number of imidazole rings is 1. The van der Waals surface area contributed by atoms with Crippen LogP contribution in [0.2, 0.25) is 10.2 Å². The molecule has 0 saturated carbocycles. The van der Waals surface area contributed by atoms with Gasteiger partial charge in [0.15, 0.2) is 11.5 Å². The first-order chi connectivity index (χ1) is 11.5. The van der Waals surface area contributed by atoms with Gasteiger partial charge in [-0.05, 0) is 24.4 Å². The molecule has 24 heavy (non-hydrogen) atoms. The Morgan fingerprint density at radius 2 is 2.00 bits per heavy atom. The van der Waals surface area contributed by atoms with Gasteiger partial charge >= 0.3 is 0 Å². The maximum atomic E-state index is 6.33. The number of halogens is 2. The van der Waals surface area contributed by atoms with Gasteiger partial charge < -0.3 is 10.7 Å². The van der Waals surface area contributed by atoms with Crippen LogP contribution in [0.4, 0.5) is 5.82 Å². The molecule has 0 aliphatic heterocycles. The summed E-state index contributed by atoms with van der Waals surface area (Å²) >= 11 is 12.5. The number of aromatic amines is 1. The van der Waals surface area contributed by atoms with Crippen LogP contribution in [-0.4, -0.2) is 24.9 Å². The number of H-pyrrole nitrogens is 1. The molecular weight excluding hydrogens is 347 g/mol. The summed E-state index contributed by atoms with van der Waals surface area (Å²) in [5.41, 5.74) is 7.87. The van der Waals surface area contributed by atoms with E-state index < -0.39 is 0 Å². The molecule has 3 heterocycles. The zero-order valence-corrected chi connectivity index (χ0v) is 14.1. The second-order valence-electron chi connectivity index (χ2n) is 5.47. The number of benzene rings is 1. The number of hydrogen-bond donors (Lipinski definition) is 2. The van der Waals surface area contributed by atoms with E-state index in [-0.39, 0.29) is 5.92 Å². The van der Waals surface area contributed by atoms with Crippen LogP contribution in [0, 0.1) is 0 Å². The number of nitrogens with two attached hydrogens (primary N) is 1. The molecule has 0 aliphatic rings. The lowest BCUT2D eigenvalue weighted by Gasteiger charge is -2.12. The summed E-state index contributed by atoms with van der Waals surface area (Å²) in [5, 5.41) is 2.58. The Kier molecular flexibility index (Phi) is 3.51. The predicted octanol–water partition coefficient (Wildman–Crippen LogP) is 3.94. The first-order valence-electron chi connectivity index (χ1n) is 7.25. The van der Waals surface area contributed by atoms with E-state index in [9.17, 15) is 0 Å². The fourth-order valence-electron chi connectivity index (χ4n) is 2.66. The Labute approximate surface area is 147 Å². The Bertz CT molecular complexity index is 1070. The SMILES string of the molecule is CC(c1cc2cccc(Cl)c2c(Cl)n1)c1nc(N)c2[nH]cnc2n1. The van der Waals surface area contributed by atoms with Crippen molar-refractivity contribution < 1.29 is 0 Å². The lowest BCUT2D eigenvalue weighted by Crippen LogP contribution is -2.07. The van der Waals surface area contributed by atoms with E-state index in [1.165, 1.54) is 6.33 Å². The van der Waals surface area contributed by atoms with Gasteiger partial charge in [-0.25, -0.2) is 19.9 Å². The molecule has 1 aromatic carbocycles. The molecule has 4 aromatic rings. The standard InChI is InChI=1S/C16H12Cl2N6/c1-7(15-23-14(19)12-16(24-15)21-6-20-12)10-5-8-3-2-4-9(17)11(8)13(18)22-10/h2-7H,1H3,(H3,19,20,21,23,24). The third kappa shape index (κ3) is 2.35. The molecule has 6 nitrogen and oxygen atoms in total. The summed E-state index contributed by atoms with van der Waals surface area (Å²) in [6.07, 6.45) is 1.54. The predicted molar refractivity (Wildman–Crippen MR) is 95.4 cm³/mol. The fraction of sp³-hybridized carbons (Fsp3) is 0.125. The maximum absolute atomic E-state index is 6.33. The van der Waals surface area contributed by atoms with Crippen LogP contribution in [0.25, 0.3) is 21.9 Å². The number of hydrogen-bond acceptors (Lipinski definition) is 5. The monoisotopic (exact) mass is 358 g/mol. The highest BCUT2D eigenvalue weighted by Gasteiger charge is 2.18. The van der Waals surface area contributed by atoms with Crippen molar-refractivity contribution in [3.05, 3.63) is 52.3 Å². The summed E-state index contributed by atoms with van der Waals surface area (Å²) in [4.78, 5) is 20.4. The smallest absolute Gasteiger partial charge is 0.183 e. The number of fused-ring (bicyclic) bond motifs is 2. The largest absolute Gasteiger partial charge is 0.382 e. The van der Waals surface area contributed by atoms with Crippen LogP contribution >= 0.6 is 23.2 Å². The van der Waals surface area contributed by atoms with Crippen molar-refractivity contribution in [3.8, 4) is 0 Å². The first kappa shape index (κ1) is 15.1. The first-order valence-corrected chi connectivity index (χ1v) is 8.01. The summed E-state index contributed by atoms with van der Waals surface area (Å²) in [5.74, 6) is 0.695. The van der Waals surface area contributed by atoms with Gasteiger partial charge in [-0.15, -0.1) is 0 Å². The third-order valence-corrected chi connectivity index (χ3v) is 4.53. The van der Waals surface area contributed by atoms with Crippen LogP contribution < -0.4 is 5.73 Å². The van der Waals surface area contributed by atoms with Crippen LogP contribution in [0.3, 0.4) is 0 Å². The molecule has 0 amide bonds. The Balaban J connectivity index is 1.86. The van der Waals surface area contributed by atoms with Gasteiger partial charge in [0.25, 0.3) is 0 Å². The molecule has 4 rings (SSSR count). The third-order valence-electron chi connectivity index (χ3n) is 3.94. The van der Waals surface area contributed by atoms with Crippen molar-refractivity contribution in [3.63, 3.8) is 0 Å². The van der Waals surface area contributed by atoms with Crippen LogP contribution in [0.5, 0.6) is 0 Å². The van der Waals surface area contributed by atoms with Crippen molar-refractivity contribution in [2.75, 3.05) is 5.73 Å². The van der Waals surface area contributed by atoms with Gasteiger partial charge in [-0.3, -0.25) is 0 Å². The molecule has 0 radical (unpaired) electrons. The van der Waals surface area contributed by atoms with E-state index in [4.69, 9.17) is 28.9 Å². The van der Waals surface area contributed by atoms with Crippen LogP contribution in [0.1, 0.15) is 24.4 Å². The van der Waals surface area contributed by atoms with E-state index in [1.54, 1.807) is 6.07 Å². The molecule has 0 spiro atoms. The summed E-state index contributed by atoms with van der Waals surface area (Å²) in [7, 11) is 0. The average molecular weight is 359 g/mol. The van der Waals surface area contributed by atoms with Crippen LogP contribution in [0.15, 0.2) is 30.6 Å². The average Bonchev–Trinajstić information content (AvgIpc) is 3.03. The number of anilines is 1. The van der Waals surface area contributed by atoms with Crippen molar-refractivity contribution in [2.45, 2.75) is 12.8 Å². The second kappa shape index (κ2) is 5.58. The Morgan fingerprint density at radius 3 is 2.83 bits per heavy atom. The molecule has 3 N–H and O–H groups in total. The summed E-state index contributed by atoms with van der Waals surface area (Å²) in [6.45, 7) is 1.95. The number of pyridine rings is 1. The van der Waals surface area contributed by atoms with Gasteiger partial charge in [-0.1, -0.05) is 35.3 Å². The molecular formula is C16H12Cl2N6. The Hall–Kier alpha value is -2.44. The van der Waals surface area contributed by atoms with E-state index >= 15 is 0 Å². The number of nitrogens with one attached hydrogen (secondary N) is 1. The normalized spacial score (nSPS) is 12.8. The molecule has 8 heteroatoms. The topological polar surface area (TPSA) is 93.4 Å². The van der Waals surface area contributed by atoms with Gasteiger partial charge in [-0.2, -0.15) is 0 Å². The Morgan fingerprint density at radius 1 is 1.17 bits per heavy atom. The molecule has 120 valence electrons. The van der Waals surface area contributed by atoms with E-state index in [0.717, 1.165) is 16.5 Å². The molecule has 0 aliphatic carbocycles. The quantitative estimate of drug-likeness (QED) is 0.529. The van der Waals surface area contributed by atoms with Gasteiger partial charge in [0.1, 0.15) is 16.5 Å². The van der Waals surface area contributed by atoms with Crippen molar-refractivity contribution in [2.24, 2.45) is 0 Å². The highest BCUT2D eigenvalue weighted by molar-refractivity contribution is 6.41. The molecule has 1 atom stereocenters. The zero-order chi connectivity index (χ0) is 16.8. The molecule has 1 unspecified atom stereocenters. The highest BCUT2D eigenvalue weighted by atomic mass is 35.5. The van der Waals surface area contributed by atoms with Crippen molar-refractivity contribution in [1.82, 2.24) is 24.9 Å². The maximum Gasteiger partial charge on any atom is 0.183 e. The lowest BCUT2D eigenvalue weighted by atomic mass is 10.0. The summed E-state index contributed by atoms with van der Waals surface area (Å²) < 4.78 is 0. The van der Waals surface area contributed by atoms with Crippen molar-refractivity contribution in [1.29, 1.82) is 0 Å². The number of rotatable bonds is 2.